The maximum Gasteiger partial charge on any atom is 0.417 e. The number of hydrogen-bond acceptors (Lipinski definition) is 5. The van der Waals surface area contributed by atoms with E-state index in [-0.39, 0.29) is 22.3 Å². The summed E-state index contributed by atoms with van der Waals surface area (Å²) >= 11 is 0.741. The Kier molecular flexibility index (Phi) is 6.23. The molecule has 0 aliphatic carbocycles. The number of amides is 1. The number of carbonyl (C=O) groups excluding carboxylic acids is 2. The monoisotopic (exact) mass is 393 g/mol. The zero-order chi connectivity index (χ0) is 20.2. The summed E-state index contributed by atoms with van der Waals surface area (Å²) in [6.45, 7) is 2.77. The second-order valence-electron chi connectivity index (χ2n) is 5.57. The Labute approximate surface area is 157 Å². The van der Waals surface area contributed by atoms with Gasteiger partial charge >= 0.3 is 6.18 Å². The first kappa shape index (κ1) is 20.5. The highest BCUT2D eigenvalue weighted by Gasteiger charge is 2.35. The molecule has 2 rings (SSSR count). The molecule has 0 radical (unpaired) electrons. The molecular formula is C18H14F3N3O2S. The zero-order valence-corrected chi connectivity index (χ0v) is 15.2. The minimum absolute atomic E-state index is 0.0957. The first-order valence-corrected chi connectivity index (χ1v) is 8.63. The number of halogens is 3. The standard InChI is InChI=1S/C18H14F3N3O2S/c1-10-6-15(18(19,20)21)14(8-22)17(23-10)27-9-16(26)24-13-5-3-4-12(7-13)11(2)25/h3-7H,9H2,1-2H3,(H,24,26). The summed E-state index contributed by atoms with van der Waals surface area (Å²) in [6, 6.07) is 8.60. The molecule has 0 unspecified atom stereocenters. The molecular weight excluding hydrogens is 379 g/mol. The number of aryl methyl sites for hydroxylation is 1. The number of aromatic nitrogens is 1. The van der Waals surface area contributed by atoms with E-state index < -0.39 is 23.2 Å². The van der Waals surface area contributed by atoms with Crippen LogP contribution in [0.5, 0.6) is 0 Å². The number of rotatable bonds is 5. The van der Waals surface area contributed by atoms with E-state index in [2.05, 4.69) is 10.3 Å². The van der Waals surface area contributed by atoms with Crippen molar-refractivity contribution in [1.29, 1.82) is 5.26 Å². The van der Waals surface area contributed by atoms with Crippen molar-refractivity contribution in [2.75, 3.05) is 11.1 Å². The van der Waals surface area contributed by atoms with Crippen LogP contribution in [0.1, 0.15) is 34.1 Å². The summed E-state index contributed by atoms with van der Waals surface area (Å²) in [6.07, 6.45) is -4.69. The van der Waals surface area contributed by atoms with E-state index in [0.29, 0.717) is 11.3 Å². The smallest absolute Gasteiger partial charge is 0.325 e. The van der Waals surface area contributed by atoms with Crippen molar-refractivity contribution in [3.63, 3.8) is 0 Å². The van der Waals surface area contributed by atoms with Crippen LogP contribution in [0.4, 0.5) is 18.9 Å². The van der Waals surface area contributed by atoms with Gasteiger partial charge in [0.05, 0.1) is 16.9 Å². The quantitative estimate of drug-likeness (QED) is 0.608. The fourth-order valence-electron chi connectivity index (χ4n) is 2.23. The van der Waals surface area contributed by atoms with Crippen molar-refractivity contribution >= 4 is 29.1 Å². The van der Waals surface area contributed by atoms with Crippen molar-refractivity contribution in [3.05, 3.63) is 52.7 Å². The lowest BCUT2D eigenvalue weighted by molar-refractivity contribution is -0.138. The first-order valence-electron chi connectivity index (χ1n) is 7.64. The van der Waals surface area contributed by atoms with Crippen molar-refractivity contribution in [3.8, 4) is 6.07 Å². The van der Waals surface area contributed by atoms with E-state index in [9.17, 15) is 22.8 Å². The van der Waals surface area contributed by atoms with Gasteiger partial charge in [0.1, 0.15) is 11.1 Å². The van der Waals surface area contributed by atoms with Crippen LogP contribution in [0, 0.1) is 18.3 Å². The Morgan fingerprint density at radius 2 is 2.00 bits per heavy atom. The van der Waals surface area contributed by atoms with Gasteiger partial charge in [0, 0.05) is 16.9 Å². The van der Waals surface area contributed by atoms with Crippen LogP contribution in [-0.2, 0) is 11.0 Å². The molecule has 0 saturated heterocycles. The third-order valence-electron chi connectivity index (χ3n) is 3.42. The van der Waals surface area contributed by atoms with Gasteiger partial charge < -0.3 is 5.32 Å². The van der Waals surface area contributed by atoms with Crippen molar-refractivity contribution in [2.45, 2.75) is 25.0 Å². The highest BCUT2D eigenvalue weighted by Crippen LogP contribution is 2.35. The van der Waals surface area contributed by atoms with Gasteiger partial charge in [-0.25, -0.2) is 4.98 Å². The maximum absolute atomic E-state index is 13.1. The number of benzene rings is 1. The lowest BCUT2D eigenvalue weighted by Crippen LogP contribution is -2.15. The molecule has 140 valence electrons. The molecule has 0 fully saturated rings. The number of thioether (sulfide) groups is 1. The Hall–Kier alpha value is -2.86. The molecule has 9 heteroatoms. The van der Waals surface area contributed by atoms with Crippen LogP contribution in [0.2, 0.25) is 0 Å². The lowest BCUT2D eigenvalue weighted by Gasteiger charge is -2.12. The zero-order valence-electron chi connectivity index (χ0n) is 14.3. The number of hydrogen-bond donors (Lipinski definition) is 1. The van der Waals surface area contributed by atoms with Crippen molar-refractivity contribution in [1.82, 2.24) is 4.98 Å². The number of pyridine rings is 1. The number of nitrogens with one attached hydrogen (secondary N) is 1. The number of carbonyl (C=O) groups is 2. The predicted octanol–water partition coefficient (Wildman–Crippen LogP) is 4.21. The van der Waals surface area contributed by atoms with Crippen LogP contribution < -0.4 is 5.32 Å². The number of anilines is 1. The second-order valence-corrected chi connectivity index (χ2v) is 6.54. The summed E-state index contributed by atoms with van der Waals surface area (Å²) in [5, 5.41) is 11.5. The van der Waals surface area contributed by atoms with Gasteiger partial charge in [-0.2, -0.15) is 18.4 Å². The van der Waals surface area contributed by atoms with E-state index in [1.165, 1.54) is 26.0 Å². The molecule has 1 aromatic heterocycles. The molecule has 0 saturated carbocycles. The maximum atomic E-state index is 13.1. The van der Waals surface area contributed by atoms with E-state index in [1.807, 2.05) is 0 Å². The number of nitrogens with zero attached hydrogens (tertiary/aromatic N) is 2. The SMILES string of the molecule is CC(=O)c1cccc(NC(=O)CSc2nc(C)cc(C(F)(F)F)c2C#N)c1. The van der Waals surface area contributed by atoms with Crippen LogP contribution in [0.3, 0.4) is 0 Å². The molecule has 1 amide bonds. The third kappa shape index (κ3) is 5.31. The van der Waals surface area contributed by atoms with E-state index in [4.69, 9.17) is 5.26 Å². The molecule has 2 aromatic rings. The summed E-state index contributed by atoms with van der Waals surface area (Å²) in [5.74, 6) is -0.906. The summed E-state index contributed by atoms with van der Waals surface area (Å²) < 4.78 is 39.3. The highest BCUT2D eigenvalue weighted by molar-refractivity contribution is 8.00. The molecule has 1 N–H and O–H groups in total. The average Bonchev–Trinajstić information content (AvgIpc) is 2.58. The molecule has 0 aliphatic heterocycles. The number of ketones is 1. The fourth-order valence-corrected chi connectivity index (χ4v) is 3.08. The second kappa shape index (κ2) is 8.22. The topological polar surface area (TPSA) is 82.8 Å². The summed E-state index contributed by atoms with van der Waals surface area (Å²) in [4.78, 5) is 27.4. The van der Waals surface area contributed by atoms with Crippen molar-refractivity contribution in [2.24, 2.45) is 0 Å². The molecule has 27 heavy (non-hydrogen) atoms. The Balaban J connectivity index is 2.16. The van der Waals surface area contributed by atoms with Gasteiger partial charge in [-0.1, -0.05) is 23.9 Å². The number of alkyl halides is 3. The normalized spacial score (nSPS) is 11.0. The largest absolute Gasteiger partial charge is 0.417 e. The number of nitriles is 1. The molecule has 0 spiro atoms. The Morgan fingerprint density at radius 3 is 2.59 bits per heavy atom. The van der Waals surface area contributed by atoms with Gasteiger partial charge in [-0.15, -0.1) is 0 Å². The van der Waals surface area contributed by atoms with E-state index >= 15 is 0 Å². The Morgan fingerprint density at radius 1 is 1.30 bits per heavy atom. The van der Waals surface area contributed by atoms with Gasteiger partial charge in [0.2, 0.25) is 5.91 Å². The number of Topliss-reactive ketones (excluding diaryl/α,β-unsaturated/α-hetero) is 1. The lowest BCUT2D eigenvalue weighted by atomic mass is 10.1. The summed E-state index contributed by atoms with van der Waals surface area (Å²) in [7, 11) is 0. The van der Waals surface area contributed by atoms with Gasteiger partial charge in [0.25, 0.3) is 0 Å². The molecule has 0 atom stereocenters. The van der Waals surface area contributed by atoms with Gasteiger partial charge in [-0.05, 0) is 32.0 Å². The van der Waals surface area contributed by atoms with Crippen LogP contribution in [0.25, 0.3) is 0 Å². The highest BCUT2D eigenvalue weighted by atomic mass is 32.2. The minimum Gasteiger partial charge on any atom is -0.325 e. The predicted molar refractivity (Wildman–Crippen MR) is 94.5 cm³/mol. The van der Waals surface area contributed by atoms with Gasteiger partial charge in [0.15, 0.2) is 5.78 Å². The van der Waals surface area contributed by atoms with Crippen LogP contribution in [-0.4, -0.2) is 22.4 Å². The molecule has 5 nitrogen and oxygen atoms in total. The Bertz CT molecular complexity index is 936. The van der Waals surface area contributed by atoms with Gasteiger partial charge in [-0.3, -0.25) is 9.59 Å². The summed E-state index contributed by atoms with van der Waals surface area (Å²) in [5.41, 5.74) is -0.776. The average molecular weight is 393 g/mol. The first-order chi connectivity index (χ1) is 12.6. The molecule has 0 aliphatic rings. The van der Waals surface area contributed by atoms with Crippen molar-refractivity contribution < 1.29 is 22.8 Å². The fraction of sp³-hybridized carbons (Fsp3) is 0.222. The van der Waals surface area contributed by atoms with Crippen LogP contribution in [0.15, 0.2) is 35.4 Å². The molecule has 1 aromatic carbocycles. The minimum atomic E-state index is -4.69. The third-order valence-corrected chi connectivity index (χ3v) is 4.40. The molecule has 0 bridgehead atoms. The van der Waals surface area contributed by atoms with E-state index in [1.54, 1.807) is 18.2 Å². The van der Waals surface area contributed by atoms with E-state index in [0.717, 1.165) is 17.8 Å². The molecule has 1 heterocycles. The van der Waals surface area contributed by atoms with Crippen LogP contribution >= 0.6 is 11.8 Å².